The van der Waals surface area contributed by atoms with Gasteiger partial charge in [0.2, 0.25) is 0 Å². The van der Waals surface area contributed by atoms with Crippen molar-refractivity contribution in [3.8, 4) is 6.07 Å². The highest BCUT2D eigenvalue weighted by atomic mass is 16.1. The summed E-state index contributed by atoms with van der Waals surface area (Å²) in [6, 6.07) is 6.42. The molecule has 1 saturated carbocycles. The van der Waals surface area contributed by atoms with Crippen LogP contribution in [0, 0.1) is 23.2 Å². The van der Waals surface area contributed by atoms with Crippen LogP contribution in [0.25, 0.3) is 0 Å². The van der Waals surface area contributed by atoms with Gasteiger partial charge < -0.3 is 10.1 Å². The van der Waals surface area contributed by atoms with Crippen LogP contribution in [0.2, 0.25) is 0 Å². The Kier molecular flexibility index (Phi) is 9.84. The van der Waals surface area contributed by atoms with E-state index < -0.39 is 0 Å². The molecule has 1 aliphatic rings. The number of nitrogens with zero attached hydrogens (tertiary/aromatic N) is 3. The zero-order chi connectivity index (χ0) is 18.5. The van der Waals surface area contributed by atoms with Gasteiger partial charge >= 0.3 is 0 Å². The van der Waals surface area contributed by atoms with Gasteiger partial charge in [0, 0.05) is 38.8 Å². The van der Waals surface area contributed by atoms with Gasteiger partial charge in [-0.05, 0) is 48.8 Å². The number of anilines is 1. The van der Waals surface area contributed by atoms with Crippen molar-refractivity contribution in [1.29, 1.82) is 5.26 Å². The van der Waals surface area contributed by atoms with Crippen molar-refractivity contribution >= 4 is 18.3 Å². The van der Waals surface area contributed by atoms with Crippen LogP contribution in [0.15, 0.2) is 35.0 Å². The van der Waals surface area contributed by atoms with Gasteiger partial charge in [0.15, 0.2) is 0 Å². The molecule has 1 aliphatic carbocycles. The Balaban J connectivity index is 0.000000275. The van der Waals surface area contributed by atoms with E-state index in [1.807, 2.05) is 32.3 Å². The van der Waals surface area contributed by atoms with Crippen molar-refractivity contribution in [1.82, 2.24) is 4.98 Å². The molecule has 1 N–H and O–H groups in total. The summed E-state index contributed by atoms with van der Waals surface area (Å²) in [7, 11) is 3.57. The number of carbonyl (C=O) groups is 1. The number of hydrogen-bond donors (Lipinski definition) is 1. The highest BCUT2D eigenvalue weighted by Gasteiger charge is 2.28. The third-order valence-electron chi connectivity index (χ3n) is 4.10. The quantitative estimate of drug-likeness (QED) is 0.604. The highest BCUT2D eigenvalue weighted by molar-refractivity contribution is 5.82. The average molecular weight is 340 g/mol. The standard InChI is InChI=1S/C12H15N3.C8H13NO/c1-14-12-3-2-9(8-15-12)4-10-5-11(6-10)7-13;1-3-4-8(5-6-10)7-9-2/h2-3,8,10-11H,4-6H2,1H3,(H,14,15);4,6-7H,3,5H2,1-2H3/b;8-4-,9-7?. The smallest absolute Gasteiger partial charge is 0.125 e. The lowest BCUT2D eigenvalue weighted by atomic mass is 9.73. The van der Waals surface area contributed by atoms with Crippen LogP contribution in [0.3, 0.4) is 0 Å². The van der Waals surface area contributed by atoms with Gasteiger partial charge in [-0.2, -0.15) is 5.26 Å². The zero-order valence-electron chi connectivity index (χ0n) is 15.4. The average Bonchev–Trinajstić information content (AvgIpc) is 2.59. The molecule has 25 heavy (non-hydrogen) atoms. The fraction of sp³-hybridized carbons (Fsp3) is 0.500. The van der Waals surface area contributed by atoms with Gasteiger partial charge in [0.05, 0.1) is 6.07 Å². The van der Waals surface area contributed by atoms with Crippen LogP contribution in [0.5, 0.6) is 0 Å². The molecular weight excluding hydrogens is 312 g/mol. The lowest BCUT2D eigenvalue weighted by Gasteiger charge is -2.30. The lowest BCUT2D eigenvalue weighted by Crippen LogP contribution is -2.24. The minimum Gasteiger partial charge on any atom is -0.373 e. The van der Waals surface area contributed by atoms with Gasteiger partial charge in [0.25, 0.3) is 0 Å². The maximum absolute atomic E-state index is 10.1. The molecule has 0 atom stereocenters. The molecule has 0 saturated heterocycles. The van der Waals surface area contributed by atoms with Gasteiger partial charge in [-0.1, -0.05) is 19.1 Å². The van der Waals surface area contributed by atoms with Crippen molar-refractivity contribution in [3.05, 3.63) is 35.5 Å². The van der Waals surface area contributed by atoms with Crippen LogP contribution in [0.1, 0.15) is 38.2 Å². The molecule has 0 radical (unpaired) electrons. The number of aldehydes is 1. The van der Waals surface area contributed by atoms with Crippen molar-refractivity contribution in [2.75, 3.05) is 19.4 Å². The number of allylic oxidation sites excluding steroid dienone is 2. The number of hydrogen-bond acceptors (Lipinski definition) is 5. The summed E-state index contributed by atoms with van der Waals surface area (Å²) in [4.78, 5) is 18.2. The topological polar surface area (TPSA) is 78.1 Å². The first-order valence-corrected chi connectivity index (χ1v) is 8.73. The van der Waals surface area contributed by atoms with E-state index in [0.717, 1.165) is 43.4 Å². The highest BCUT2D eigenvalue weighted by Crippen LogP contribution is 2.35. The normalized spacial score (nSPS) is 19.4. The molecule has 5 heteroatoms. The number of rotatable bonds is 7. The van der Waals surface area contributed by atoms with E-state index in [2.05, 4.69) is 27.4 Å². The SMILES string of the molecule is CC/C=C(\C=NC)CC=O.CNc1ccc(CC2CC(C#N)C2)cn1. The Labute approximate surface area is 150 Å². The van der Waals surface area contributed by atoms with Crippen LogP contribution in [-0.2, 0) is 11.2 Å². The molecule has 134 valence electrons. The van der Waals surface area contributed by atoms with E-state index >= 15 is 0 Å². The summed E-state index contributed by atoms with van der Waals surface area (Å²) in [6.07, 6.45) is 11.2. The summed E-state index contributed by atoms with van der Waals surface area (Å²) in [6.45, 7) is 2.04. The van der Waals surface area contributed by atoms with Gasteiger partial charge in [-0.15, -0.1) is 0 Å². The minimum absolute atomic E-state index is 0.305. The zero-order valence-corrected chi connectivity index (χ0v) is 15.4. The van der Waals surface area contributed by atoms with E-state index in [1.165, 1.54) is 5.56 Å². The summed E-state index contributed by atoms with van der Waals surface area (Å²) < 4.78 is 0. The van der Waals surface area contributed by atoms with Crippen molar-refractivity contribution in [2.24, 2.45) is 16.8 Å². The molecule has 0 amide bonds. The van der Waals surface area contributed by atoms with E-state index in [4.69, 9.17) is 5.26 Å². The monoisotopic (exact) mass is 340 g/mol. The molecule has 0 spiro atoms. The summed E-state index contributed by atoms with van der Waals surface area (Å²) in [5.41, 5.74) is 2.27. The third-order valence-corrected chi connectivity index (χ3v) is 4.10. The molecule has 0 unspecified atom stereocenters. The van der Waals surface area contributed by atoms with Gasteiger partial charge in [-0.3, -0.25) is 4.99 Å². The predicted molar refractivity (Wildman–Crippen MR) is 103 cm³/mol. The largest absolute Gasteiger partial charge is 0.373 e. The third kappa shape index (κ3) is 7.75. The van der Waals surface area contributed by atoms with Gasteiger partial charge in [0.1, 0.15) is 12.1 Å². The predicted octanol–water partition coefficient (Wildman–Crippen LogP) is 3.83. The summed E-state index contributed by atoms with van der Waals surface area (Å²) in [5, 5.41) is 11.7. The second-order valence-corrected chi connectivity index (χ2v) is 6.11. The molecule has 1 aromatic rings. The molecule has 0 aliphatic heterocycles. The molecular formula is C20H28N4O. The van der Waals surface area contributed by atoms with Crippen LogP contribution in [-0.4, -0.2) is 31.6 Å². The maximum atomic E-state index is 10.1. The Morgan fingerprint density at radius 1 is 1.48 bits per heavy atom. The number of pyridine rings is 1. The Morgan fingerprint density at radius 2 is 2.24 bits per heavy atom. The van der Waals surface area contributed by atoms with Crippen LogP contribution >= 0.6 is 0 Å². The first kappa shape index (κ1) is 20.6. The van der Waals surface area contributed by atoms with E-state index in [1.54, 1.807) is 13.3 Å². The maximum Gasteiger partial charge on any atom is 0.125 e. The van der Waals surface area contributed by atoms with E-state index in [-0.39, 0.29) is 0 Å². The fourth-order valence-electron chi connectivity index (χ4n) is 2.75. The minimum atomic E-state index is 0.305. The molecule has 1 fully saturated rings. The Morgan fingerprint density at radius 3 is 2.72 bits per heavy atom. The van der Waals surface area contributed by atoms with E-state index in [9.17, 15) is 4.79 Å². The second-order valence-electron chi connectivity index (χ2n) is 6.11. The van der Waals surface area contributed by atoms with Crippen LogP contribution < -0.4 is 5.32 Å². The fourth-order valence-corrected chi connectivity index (χ4v) is 2.75. The molecule has 0 aromatic carbocycles. The molecule has 5 nitrogen and oxygen atoms in total. The number of nitrogens with one attached hydrogen (secondary N) is 1. The van der Waals surface area contributed by atoms with Crippen molar-refractivity contribution in [2.45, 2.75) is 39.0 Å². The lowest BCUT2D eigenvalue weighted by molar-refractivity contribution is -0.107. The van der Waals surface area contributed by atoms with E-state index in [0.29, 0.717) is 18.3 Å². The second kappa shape index (κ2) is 12.0. The molecule has 1 heterocycles. The van der Waals surface area contributed by atoms with Crippen molar-refractivity contribution in [3.63, 3.8) is 0 Å². The Bertz CT molecular complexity index is 608. The van der Waals surface area contributed by atoms with Crippen LogP contribution in [0.4, 0.5) is 5.82 Å². The molecule has 1 aromatic heterocycles. The Hall–Kier alpha value is -2.48. The summed E-state index contributed by atoms with van der Waals surface area (Å²) >= 11 is 0. The summed E-state index contributed by atoms with van der Waals surface area (Å²) in [5.74, 6) is 1.90. The number of aromatic nitrogens is 1. The first-order valence-electron chi connectivity index (χ1n) is 8.73. The number of carbonyl (C=O) groups excluding carboxylic acids is 1. The first-order chi connectivity index (χ1) is 12.2. The van der Waals surface area contributed by atoms with Gasteiger partial charge in [-0.25, -0.2) is 4.98 Å². The number of aliphatic imine (C=N–C) groups is 1. The van der Waals surface area contributed by atoms with Crippen molar-refractivity contribution < 1.29 is 4.79 Å². The molecule has 2 rings (SSSR count). The molecule has 0 bridgehead atoms. The number of nitriles is 1.